The number of hydrogen-bond acceptors (Lipinski definition) is 2. The normalized spacial score (nSPS) is 27.9. The Hall–Kier alpha value is -0.930. The molecule has 104 valence electrons. The zero-order valence-corrected chi connectivity index (χ0v) is 11.6. The molecule has 3 rings (SSSR count). The Balaban J connectivity index is 1.58. The first kappa shape index (κ1) is 13.1. The molecule has 1 aliphatic heterocycles. The van der Waals surface area contributed by atoms with Gasteiger partial charge in [0, 0.05) is 25.2 Å². The summed E-state index contributed by atoms with van der Waals surface area (Å²) in [5, 5.41) is 3.32. The van der Waals surface area contributed by atoms with Crippen LogP contribution in [-0.4, -0.2) is 31.1 Å². The highest BCUT2D eigenvalue weighted by molar-refractivity contribution is 5.20. The van der Waals surface area contributed by atoms with E-state index in [1.54, 1.807) is 12.1 Å². The Bertz CT molecular complexity index is 435. The molecule has 1 aromatic rings. The van der Waals surface area contributed by atoms with Crippen LogP contribution < -0.4 is 5.32 Å². The Morgan fingerprint density at radius 1 is 1.42 bits per heavy atom. The maximum Gasteiger partial charge on any atom is 0.123 e. The maximum absolute atomic E-state index is 13.3. The van der Waals surface area contributed by atoms with E-state index < -0.39 is 0 Å². The molecule has 0 radical (unpaired) electrons. The lowest BCUT2D eigenvalue weighted by Gasteiger charge is -2.28. The van der Waals surface area contributed by atoms with Crippen LogP contribution in [0.2, 0.25) is 0 Å². The number of nitrogens with one attached hydrogen (secondary N) is 1. The lowest BCUT2D eigenvalue weighted by Crippen LogP contribution is -2.34. The van der Waals surface area contributed by atoms with Gasteiger partial charge in [-0.1, -0.05) is 12.1 Å². The third kappa shape index (κ3) is 2.82. The first-order valence-electron chi connectivity index (χ1n) is 7.43. The van der Waals surface area contributed by atoms with E-state index in [1.165, 1.54) is 31.9 Å². The highest BCUT2D eigenvalue weighted by atomic mass is 19.1. The summed E-state index contributed by atoms with van der Waals surface area (Å²) in [4.78, 5) is 2.64. The molecule has 2 fully saturated rings. The molecule has 0 aromatic heterocycles. The summed E-state index contributed by atoms with van der Waals surface area (Å²) in [5.74, 6) is 0.810. The first-order chi connectivity index (χ1) is 9.26. The van der Waals surface area contributed by atoms with Gasteiger partial charge in [-0.15, -0.1) is 0 Å². The second-order valence-corrected chi connectivity index (χ2v) is 6.01. The van der Waals surface area contributed by atoms with Crippen molar-refractivity contribution in [3.63, 3.8) is 0 Å². The van der Waals surface area contributed by atoms with E-state index >= 15 is 0 Å². The monoisotopic (exact) mass is 262 g/mol. The molecule has 1 N–H and O–H groups in total. The molecule has 1 heterocycles. The van der Waals surface area contributed by atoms with Crippen molar-refractivity contribution in [2.45, 2.75) is 37.8 Å². The molecule has 1 saturated carbocycles. The molecule has 1 saturated heterocycles. The molecular weight excluding hydrogens is 239 g/mol. The number of halogens is 1. The summed E-state index contributed by atoms with van der Waals surface area (Å²) in [6.07, 6.45) is 5.28. The summed E-state index contributed by atoms with van der Waals surface area (Å²) in [7, 11) is 1.96. The average molecular weight is 262 g/mol. The van der Waals surface area contributed by atoms with Crippen molar-refractivity contribution in [3.05, 3.63) is 35.6 Å². The molecule has 1 aliphatic carbocycles. The molecule has 0 spiro atoms. The van der Waals surface area contributed by atoms with Crippen molar-refractivity contribution >= 4 is 0 Å². The number of nitrogens with zero attached hydrogens (tertiary/aromatic N) is 1. The van der Waals surface area contributed by atoms with Crippen molar-refractivity contribution in [3.8, 4) is 0 Å². The van der Waals surface area contributed by atoms with Crippen LogP contribution in [0.3, 0.4) is 0 Å². The van der Waals surface area contributed by atoms with Crippen LogP contribution in [0.4, 0.5) is 4.39 Å². The first-order valence-corrected chi connectivity index (χ1v) is 7.43. The predicted molar refractivity (Wildman–Crippen MR) is 75.5 cm³/mol. The van der Waals surface area contributed by atoms with Crippen molar-refractivity contribution < 1.29 is 4.39 Å². The molecular formula is C16H23FN2. The third-order valence-electron chi connectivity index (χ3n) is 4.83. The van der Waals surface area contributed by atoms with Gasteiger partial charge < -0.3 is 10.2 Å². The number of likely N-dealkylation sites (tertiary alicyclic amines) is 1. The number of benzene rings is 1. The average Bonchev–Trinajstić information content (AvgIpc) is 3.02. The van der Waals surface area contributed by atoms with E-state index in [1.807, 2.05) is 13.1 Å². The third-order valence-corrected chi connectivity index (χ3v) is 4.83. The molecule has 3 heteroatoms. The van der Waals surface area contributed by atoms with Crippen LogP contribution in [0.5, 0.6) is 0 Å². The SMILES string of the molecule is CNC(CCN1CC2CCC1C2)c1cccc(F)c1. The minimum atomic E-state index is -0.141. The zero-order chi connectivity index (χ0) is 13.2. The fourth-order valence-corrected chi connectivity index (χ4v) is 3.80. The van der Waals surface area contributed by atoms with Gasteiger partial charge in [-0.2, -0.15) is 0 Å². The summed E-state index contributed by atoms with van der Waals surface area (Å²) < 4.78 is 13.3. The molecule has 3 atom stereocenters. The molecule has 2 bridgehead atoms. The van der Waals surface area contributed by atoms with E-state index in [2.05, 4.69) is 10.2 Å². The topological polar surface area (TPSA) is 15.3 Å². The van der Waals surface area contributed by atoms with E-state index in [0.717, 1.165) is 30.5 Å². The van der Waals surface area contributed by atoms with E-state index in [-0.39, 0.29) is 11.9 Å². The number of hydrogen-bond donors (Lipinski definition) is 1. The van der Waals surface area contributed by atoms with Gasteiger partial charge in [0.1, 0.15) is 5.82 Å². The van der Waals surface area contributed by atoms with Crippen molar-refractivity contribution in [1.29, 1.82) is 0 Å². The number of fused-ring (bicyclic) bond motifs is 2. The van der Waals surface area contributed by atoms with Crippen molar-refractivity contribution in [1.82, 2.24) is 10.2 Å². The smallest absolute Gasteiger partial charge is 0.123 e. The van der Waals surface area contributed by atoms with Crippen LogP contribution in [-0.2, 0) is 0 Å². The Morgan fingerprint density at radius 3 is 2.95 bits per heavy atom. The van der Waals surface area contributed by atoms with Crippen molar-refractivity contribution in [2.24, 2.45) is 5.92 Å². The molecule has 2 aliphatic rings. The summed E-state index contributed by atoms with van der Waals surface area (Å²) >= 11 is 0. The molecule has 0 amide bonds. The van der Waals surface area contributed by atoms with Gasteiger partial charge in [0.15, 0.2) is 0 Å². The minimum Gasteiger partial charge on any atom is -0.313 e. The minimum absolute atomic E-state index is 0.141. The lowest BCUT2D eigenvalue weighted by molar-refractivity contribution is 0.203. The van der Waals surface area contributed by atoms with Crippen LogP contribution in [0.15, 0.2) is 24.3 Å². The summed E-state index contributed by atoms with van der Waals surface area (Å²) in [6, 6.07) is 8.06. The quantitative estimate of drug-likeness (QED) is 0.877. The Morgan fingerprint density at radius 2 is 2.32 bits per heavy atom. The van der Waals surface area contributed by atoms with Crippen molar-refractivity contribution in [2.75, 3.05) is 20.1 Å². The van der Waals surface area contributed by atoms with Gasteiger partial charge in [-0.05, 0) is 56.3 Å². The van der Waals surface area contributed by atoms with Gasteiger partial charge in [-0.3, -0.25) is 0 Å². The molecule has 3 unspecified atom stereocenters. The van der Waals surface area contributed by atoms with E-state index in [0.29, 0.717) is 0 Å². The van der Waals surface area contributed by atoms with Gasteiger partial charge in [-0.25, -0.2) is 4.39 Å². The molecule has 1 aromatic carbocycles. The van der Waals surface area contributed by atoms with Crippen LogP contribution in [0.25, 0.3) is 0 Å². The Labute approximate surface area is 115 Å². The predicted octanol–water partition coefficient (Wildman–Crippen LogP) is 2.96. The van der Waals surface area contributed by atoms with Gasteiger partial charge in [0.05, 0.1) is 0 Å². The summed E-state index contributed by atoms with van der Waals surface area (Å²) in [6.45, 7) is 2.41. The highest BCUT2D eigenvalue weighted by Crippen LogP contribution is 2.37. The second-order valence-electron chi connectivity index (χ2n) is 6.01. The van der Waals surface area contributed by atoms with Gasteiger partial charge >= 0.3 is 0 Å². The van der Waals surface area contributed by atoms with Crippen LogP contribution >= 0.6 is 0 Å². The zero-order valence-electron chi connectivity index (χ0n) is 11.6. The molecule has 19 heavy (non-hydrogen) atoms. The highest BCUT2D eigenvalue weighted by Gasteiger charge is 2.37. The van der Waals surface area contributed by atoms with E-state index in [9.17, 15) is 4.39 Å². The standard InChI is InChI=1S/C16H23FN2/c1-18-16(13-3-2-4-14(17)10-13)7-8-19-11-12-5-6-15(19)9-12/h2-4,10,12,15-16,18H,5-9,11H2,1H3. The van der Waals surface area contributed by atoms with Gasteiger partial charge in [0.25, 0.3) is 0 Å². The fraction of sp³-hybridized carbons (Fsp3) is 0.625. The number of piperidine rings is 1. The van der Waals surface area contributed by atoms with Gasteiger partial charge in [0.2, 0.25) is 0 Å². The largest absolute Gasteiger partial charge is 0.313 e. The second kappa shape index (κ2) is 5.59. The summed E-state index contributed by atoms with van der Waals surface area (Å²) in [5.41, 5.74) is 1.06. The fourth-order valence-electron chi connectivity index (χ4n) is 3.80. The lowest BCUT2D eigenvalue weighted by atomic mass is 10.0. The maximum atomic E-state index is 13.3. The van der Waals surface area contributed by atoms with Crippen LogP contribution in [0, 0.1) is 11.7 Å². The van der Waals surface area contributed by atoms with Crippen LogP contribution in [0.1, 0.15) is 37.3 Å². The number of rotatable bonds is 5. The Kier molecular flexibility index (Phi) is 3.85. The molecule has 2 nitrogen and oxygen atoms in total. The van der Waals surface area contributed by atoms with E-state index in [4.69, 9.17) is 0 Å².